The summed E-state index contributed by atoms with van der Waals surface area (Å²) in [6, 6.07) is 1.78. The molecule has 0 aromatic carbocycles. The molecule has 7 nitrogen and oxygen atoms in total. The van der Waals surface area contributed by atoms with Gasteiger partial charge in [-0.2, -0.15) is 18.3 Å². The maximum absolute atomic E-state index is 13.3. The van der Waals surface area contributed by atoms with Gasteiger partial charge in [-0.3, -0.25) is 9.48 Å². The number of carbonyl (C=O) groups is 1. The van der Waals surface area contributed by atoms with Gasteiger partial charge < -0.3 is 14.6 Å². The van der Waals surface area contributed by atoms with Crippen LogP contribution in [0.15, 0.2) is 24.7 Å². The number of alkyl halides is 3. The molecule has 0 spiro atoms. The molecule has 2 atom stereocenters. The lowest BCUT2D eigenvalue weighted by molar-refractivity contribution is -0.263. The topological polar surface area (TPSA) is 76.2 Å². The predicted octanol–water partition coefficient (Wildman–Crippen LogP) is 3.18. The number of hydrogen-bond donors (Lipinski definition) is 1. The minimum absolute atomic E-state index is 0.0392. The number of imidazole rings is 1. The second kappa shape index (κ2) is 7.40. The molecule has 30 heavy (non-hydrogen) atoms. The van der Waals surface area contributed by atoms with Crippen LogP contribution in [0.25, 0.3) is 0 Å². The third-order valence-electron chi connectivity index (χ3n) is 6.40. The number of rotatable bonds is 3. The molecular formula is C20H26F3N5O2. The van der Waals surface area contributed by atoms with Crippen molar-refractivity contribution in [3.8, 4) is 0 Å². The molecule has 1 saturated carbocycles. The summed E-state index contributed by atoms with van der Waals surface area (Å²) in [5.74, 6) is -0.474. The van der Waals surface area contributed by atoms with Gasteiger partial charge in [-0.05, 0) is 45.6 Å². The maximum Gasteiger partial charge on any atom is 0.424 e. The lowest BCUT2D eigenvalue weighted by atomic mass is 9.85. The predicted molar refractivity (Wildman–Crippen MR) is 101 cm³/mol. The molecule has 164 valence electrons. The number of fused-ring (bicyclic) bond motifs is 1. The fraction of sp³-hybridized carbons (Fsp3) is 0.650. The van der Waals surface area contributed by atoms with Gasteiger partial charge >= 0.3 is 6.18 Å². The summed E-state index contributed by atoms with van der Waals surface area (Å²) < 4.78 is 43.3. The van der Waals surface area contributed by atoms with Gasteiger partial charge in [0.05, 0.1) is 30.5 Å². The van der Waals surface area contributed by atoms with Gasteiger partial charge in [-0.1, -0.05) is 0 Å². The summed E-state index contributed by atoms with van der Waals surface area (Å²) in [7, 11) is 0. The van der Waals surface area contributed by atoms with Crippen LogP contribution < -0.4 is 0 Å². The Labute approximate surface area is 172 Å². The van der Waals surface area contributed by atoms with Gasteiger partial charge in [0, 0.05) is 24.9 Å². The average Bonchev–Trinajstić information content (AvgIpc) is 3.37. The van der Waals surface area contributed by atoms with Crippen LogP contribution >= 0.6 is 0 Å². The SMILES string of the molecule is C[C@H]1CN(C(=O)C2CCC(n3cccn3)CC2)Cc2cnc(C(C)(O)C(F)(F)F)n21. The molecule has 1 N–H and O–H groups in total. The molecule has 1 aliphatic carbocycles. The highest BCUT2D eigenvalue weighted by Gasteiger charge is 2.55. The molecule has 1 aliphatic heterocycles. The van der Waals surface area contributed by atoms with E-state index in [1.54, 1.807) is 18.0 Å². The Morgan fingerprint density at radius 1 is 1.23 bits per heavy atom. The number of amides is 1. The number of carbonyl (C=O) groups excluding carboxylic acids is 1. The fourth-order valence-electron chi connectivity index (χ4n) is 4.66. The van der Waals surface area contributed by atoms with Crippen LogP contribution in [-0.2, 0) is 16.9 Å². The first-order valence-electron chi connectivity index (χ1n) is 10.2. The number of aromatic nitrogens is 4. The molecule has 0 radical (unpaired) electrons. The summed E-state index contributed by atoms with van der Waals surface area (Å²) in [5.41, 5.74) is -2.54. The van der Waals surface area contributed by atoms with Gasteiger partial charge in [0.2, 0.25) is 11.5 Å². The van der Waals surface area contributed by atoms with E-state index in [0.717, 1.165) is 25.7 Å². The quantitative estimate of drug-likeness (QED) is 0.820. The molecule has 3 heterocycles. The maximum atomic E-state index is 13.3. The van der Waals surface area contributed by atoms with Crippen LogP contribution in [0.3, 0.4) is 0 Å². The fourth-order valence-corrected chi connectivity index (χ4v) is 4.66. The second-order valence-corrected chi connectivity index (χ2v) is 8.57. The van der Waals surface area contributed by atoms with E-state index in [0.29, 0.717) is 25.2 Å². The zero-order valence-electron chi connectivity index (χ0n) is 17.0. The monoisotopic (exact) mass is 425 g/mol. The van der Waals surface area contributed by atoms with E-state index in [4.69, 9.17) is 0 Å². The van der Waals surface area contributed by atoms with Crippen molar-refractivity contribution in [3.63, 3.8) is 0 Å². The summed E-state index contributed by atoms with van der Waals surface area (Å²) >= 11 is 0. The Hall–Kier alpha value is -2.36. The van der Waals surface area contributed by atoms with E-state index in [-0.39, 0.29) is 18.4 Å². The van der Waals surface area contributed by atoms with Gasteiger partial charge in [-0.15, -0.1) is 0 Å². The molecule has 1 fully saturated rings. The van der Waals surface area contributed by atoms with E-state index in [2.05, 4.69) is 10.1 Å². The van der Waals surface area contributed by atoms with E-state index < -0.39 is 23.6 Å². The Morgan fingerprint density at radius 2 is 1.93 bits per heavy atom. The van der Waals surface area contributed by atoms with Crippen LogP contribution in [0.2, 0.25) is 0 Å². The first-order chi connectivity index (χ1) is 14.1. The zero-order chi connectivity index (χ0) is 21.7. The number of halogens is 3. The number of nitrogens with zero attached hydrogens (tertiary/aromatic N) is 5. The van der Waals surface area contributed by atoms with Crippen molar-refractivity contribution in [1.29, 1.82) is 0 Å². The Kier molecular flexibility index (Phi) is 5.16. The van der Waals surface area contributed by atoms with E-state index in [1.807, 2.05) is 16.9 Å². The van der Waals surface area contributed by atoms with Crippen molar-refractivity contribution in [2.24, 2.45) is 5.92 Å². The Bertz CT molecular complexity index is 898. The van der Waals surface area contributed by atoms with Crippen molar-refractivity contribution < 1.29 is 23.1 Å². The van der Waals surface area contributed by atoms with Crippen LogP contribution in [0.5, 0.6) is 0 Å². The van der Waals surface area contributed by atoms with Crippen molar-refractivity contribution in [2.45, 2.75) is 69.9 Å². The molecule has 0 bridgehead atoms. The van der Waals surface area contributed by atoms with Crippen LogP contribution in [-0.4, -0.2) is 48.0 Å². The second-order valence-electron chi connectivity index (χ2n) is 8.57. The van der Waals surface area contributed by atoms with Gasteiger partial charge in [0.25, 0.3) is 0 Å². The Morgan fingerprint density at radius 3 is 2.53 bits per heavy atom. The third-order valence-corrected chi connectivity index (χ3v) is 6.40. The minimum Gasteiger partial charge on any atom is -0.374 e. The largest absolute Gasteiger partial charge is 0.424 e. The highest BCUT2D eigenvalue weighted by Crippen LogP contribution is 2.40. The van der Waals surface area contributed by atoms with Crippen LogP contribution in [0.1, 0.15) is 63.1 Å². The minimum atomic E-state index is -4.84. The van der Waals surface area contributed by atoms with Crippen LogP contribution in [0, 0.1) is 5.92 Å². The third kappa shape index (κ3) is 3.51. The summed E-state index contributed by atoms with van der Waals surface area (Å²) in [6.07, 6.45) is 3.46. The van der Waals surface area contributed by atoms with Crippen molar-refractivity contribution in [2.75, 3.05) is 6.54 Å². The Balaban J connectivity index is 1.46. The molecule has 1 unspecified atom stereocenters. The molecular weight excluding hydrogens is 399 g/mol. The summed E-state index contributed by atoms with van der Waals surface area (Å²) in [4.78, 5) is 18.7. The van der Waals surface area contributed by atoms with Gasteiger partial charge in [-0.25, -0.2) is 4.98 Å². The lowest BCUT2D eigenvalue weighted by Gasteiger charge is -2.38. The zero-order valence-corrected chi connectivity index (χ0v) is 17.0. The first-order valence-corrected chi connectivity index (χ1v) is 10.2. The van der Waals surface area contributed by atoms with E-state index in [9.17, 15) is 23.1 Å². The molecule has 4 rings (SSSR count). The van der Waals surface area contributed by atoms with Crippen LogP contribution in [0.4, 0.5) is 13.2 Å². The standard InChI is InChI=1S/C20H26F3N5O2/c1-13-11-26(12-16-10-24-18(28(13)16)19(2,30)20(21,22)23)17(29)14-4-6-15(7-5-14)27-9-3-8-25-27/h3,8-10,13-15,30H,4-7,11-12H2,1-2H3/t13-,14?,15?,19?/m0/s1. The van der Waals surface area contributed by atoms with Crippen molar-refractivity contribution in [1.82, 2.24) is 24.2 Å². The average molecular weight is 425 g/mol. The normalized spacial score (nSPS) is 26.9. The molecule has 2 aromatic heterocycles. The molecule has 0 saturated heterocycles. The molecule has 2 aliphatic rings. The smallest absolute Gasteiger partial charge is 0.374 e. The summed E-state index contributed by atoms with van der Waals surface area (Å²) in [5, 5.41) is 14.4. The lowest BCUT2D eigenvalue weighted by Crippen LogP contribution is -2.47. The van der Waals surface area contributed by atoms with Gasteiger partial charge in [0.15, 0.2) is 5.82 Å². The first kappa shape index (κ1) is 20.9. The summed E-state index contributed by atoms with van der Waals surface area (Å²) in [6.45, 7) is 2.95. The molecule has 2 aromatic rings. The number of hydrogen-bond acceptors (Lipinski definition) is 4. The highest BCUT2D eigenvalue weighted by molar-refractivity contribution is 5.79. The van der Waals surface area contributed by atoms with Crippen molar-refractivity contribution >= 4 is 5.91 Å². The van der Waals surface area contributed by atoms with Crippen molar-refractivity contribution in [3.05, 3.63) is 36.2 Å². The molecule has 1 amide bonds. The number of aliphatic hydroxyl groups is 1. The van der Waals surface area contributed by atoms with E-state index >= 15 is 0 Å². The van der Waals surface area contributed by atoms with E-state index in [1.165, 1.54) is 10.8 Å². The van der Waals surface area contributed by atoms with Gasteiger partial charge in [0.1, 0.15) is 0 Å². The highest BCUT2D eigenvalue weighted by atomic mass is 19.4. The molecule has 10 heteroatoms.